The second-order valence-corrected chi connectivity index (χ2v) is 10.8. The van der Waals surface area contributed by atoms with Gasteiger partial charge in [-0.2, -0.15) is 5.10 Å². The van der Waals surface area contributed by atoms with Crippen molar-refractivity contribution in [3.05, 3.63) is 119 Å². The summed E-state index contributed by atoms with van der Waals surface area (Å²) in [6.45, 7) is 3.33. The summed E-state index contributed by atoms with van der Waals surface area (Å²) in [5, 5.41) is 17.1. The molecule has 0 spiro atoms. The van der Waals surface area contributed by atoms with Crippen molar-refractivity contribution in [2.75, 3.05) is 5.32 Å². The van der Waals surface area contributed by atoms with Gasteiger partial charge in [0.05, 0.1) is 21.8 Å². The molecule has 0 fully saturated rings. The van der Waals surface area contributed by atoms with Crippen LogP contribution in [0.4, 0.5) is 5.69 Å². The molecule has 202 valence electrons. The van der Waals surface area contributed by atoms with Gasteiger partial charge in [0.2, 0.25) is 0 Å². The zero-order valence-electron chi connectivity index (χ0n) is 22.3. The quantitative estimate of drug-likeness (QED) is 0.216. The maximum Gasteiger partial charge on any atom is 0.313 e. The van der Waals surface area contributed by atoms with Gasteiger partial charge in [0.15, 0.2) is 0 Å². The topological polar surface area (TPSA) is 97.1 Å². The minimum atomic E-state index is -1.01. The van der Waals surface area contributed by atoms with E-state index in [0.29, 0.717) is 21.8 Å². The number of nitrogens with one attached hydrogen (secondary N) is 1. The first-order valence-corrected chi connectivity index (χ1v) is 13.4. The highest BCUT2D eigenvalue weighted by Crippen LogP contribution is 2.41. The van der Waals surface area contributed by atoms with Crippen LogP contribution in [-0.4, -0.2) is 31.7 Å². The van der Waals surface area contributed by atoms with Crippen LogP contribution in [0, 0.1) is 0 Å². The minimum absolute atomic E-state index is 0.215. The molecule has 8 heteroatoms. The number of carboxylic acids is 1. The Hall–Kier alpha value is -5.01. The normalized spacial score (nSPS) is 13.7. The molecular weight excluding hydrogens is 536 g/mol. The molecule has 0 radical (unpaired) electrons. The first-order valence-electron chi connectivity index (χ1n) is 13.0. The van der Waals surface area contributed by atoms with Crippen LogP contribution in [-0.2, 0) is 15.0 Å². The average Bonchev–Trinajstić information content (AvgIpc) is 3.61. The van der Waals surface area contributed by atoms with Crippen LogP contribution in [0.1, 0.15) is 30.5 Å². The fourth-order valence-corrected chi connectivity index (χ4v) is 5.13. The first-order chi connectivity index (χ1) is 19.7. The zero-order chi connectivity index (χ0) is 28.7. The van der Waals surface area contributed by atoms with E-state index in [-0.39, 0.29) is 5.91 Å². The third-order valence-corrected chi connectivity index (χ3v) is 7.76. The van der Waals surface area contributed by atoms with Crippen molar-refractivity contribution < 1.29 is 14.7 Å². The summed E-state index contributed by atoms with van der Waals surface area (Å²) < 4.78 is 1.71. The Labute approximate surface area is 241 Å². The lowest BCUT2D eigenvalue weighted by molar-refractivity contribution is -0.142. The summed E-state index contributed by atoms with van der Waals surface area (Å²) in [6, 6.07) is 27.1. The second-order valence-electron chi connectivity index (χ2n) is 10.4. The summed E-state index contributed by atoms with van der Waals surface area (Å²) in [4.78, 5) is 28.5. The molecule has 6 rings (SSSR count). The molecule has 0 saturated carbocycles. The van der Waals surface area contributed by atoms with Gasteiger partial charge in [0.25, 0.3) is 5.91 Å². The molecule has 4 aromatic carbocycles. The molecule has 1 aliphatic heterocycles. The number of carbonyl (C=O) groups is 2. The number of aliphatic carboxylic acids is 1. The van der Waals surface area contributed by atoms with Gasteiger partial charge in [-0.1, -0.05) is 72.3 Å². The Morgan fingerprint density at radius 1 is 0.902 bits per heavy atom. The van der Waals surface area contributed by atoms with Gasteiger partial charge in [-0.05, 0) is 72.0 Å². The van der Waals surface area contributed by atoms with Gasteiger partial charge in [-0.15, -0.1) is 0 Å². The van der Waals surface area contributed by atoms with Gasteiger partial charge in [0, 0.05) is 16.7 Å². The molecule has 1 aromatic heterocycles. The third kappa shape index (κ3) is 4.92. The number of carbonyl (C=O) groups excluding carboxylic acids is 1. The second kappa shape index (κ2) is 10.2. The maximum absolute atomic E-state index is 12.9. The highest BCUT2D eigenvalue weighted by Gasteiger charge is 2.29. The van der Waals surface area contributed by atoms with Crippen molar-refractivity contribution in [3.8, 4) is 27.9 Å². The van der Waals surface area contributed by atoms with Crippen molar-refractivity contribution >= 4 is 40.8 Å². The Morgan fingerprint density at radius 3 is 2.15 bits per heavy atom. The summed E-state index contributed by atoms with van der Waals surface area (Å²) >= 11 is 6.67. The molecule has 2 N–H and O–H groups in total. The molecule has 41 heavy (non-hydrogen) atoms. The molecule has 1 aliphatic rings. The number of benzene rings is 4. The lowest BCUT2D eigenvalue weighted by atomic mass is 9.84. The number of amides is 1. The summed E-state index contributed by atoms with van der Waals surface area (Å²) in [6.07, 6.45) is 4.97. The fraction of sp³-hybridized carbons (Fsp3) is 0.0909. The van der Waals surface area contributed by atoms with Crippen LogP contribution in [0.2, 0.25) is 5.02 Å². The molecule has 2 heterocycles. The van der Waals surface area contributed by atoms with E-state index >= 15 is 0 Å². The van der Waals surface area contributed by atoms with E-state index in [4.69, 9.17) is 11.6 Å². The number of fused-ring (bicyclic) bond motifs is 1. The smallest absolute Gasteiger partial charge is 0.313 e. The third-order valence-electron chi connectivity index (χ3n) is 7.45. The fourth-order valence-electron chi connectivity index (χ4n) is 4.85. The van der Waals surface area contributed by atoms with Crippen LogP contribution in [0.5, 0.6) is 0 Å². The number of hydrogen-bond donors (Lipinski definition) is 2. The number of rotatable bonds is 6. The predicted octanol–water partition coefficient (Wildman–Crippen LogP) is 7.11. The standard InChI is InChI=1S/C33H25ClN4O3/c1-33(2,32(40)41)24-11-3-20(4-12-24)15-28-27-16-26(29(34)17-30(27)37-31(28)39)23-7-5-21(6-8-23)22-9-13-25(14-10-22)38-19-35-18-36-38/h3-19H,1-2H3,(H,37,39)(H,40,41). The van der Waals surface area contributed by atoms with E-state index in [1.54, 1.807) is 43.1 Å². The Balaban J connectivity index is 1.29. The molecule has 0 unspecified atom stereocenters. The average molecular weight is 561 g/mol. The number of aromatic nitrogens is 3. The Kier molecular flexibility index (Phi) is 6.52. The first kappa shape index (κ1) is 26.2. The SMILES string of the molecule is CC(C)(C(=O)O)c1ccc(C=C2C(=O)Nc3cc(Cl)c(-c4ccc(-c5ccc(-n6cncn6)cc5)cc4)cc32)cc1. The zero-order valence-corrected chi connectivity index (χ0v) is 23.1. The van der Waals surface area contributed by atoms with Crippen LogP contribution in [0.15, 0.2) is 97.6 Å². The molecule has 5 aromatic rings. The molecule has 0 saturated heterocycles. The van der Waals surface area contributed by atoms with Crippen molar-refractivity contribution in [2.24, 2.45) is 0 Å². The number of carboxylic acid groups (broad SMARTS) is 1. The maximum atomic E-state index is 12.9. The molecule has 1 amide bonds. The number of anilines is 1. The van der Waals surface area contributed by atoms with Gasteiger partial charge in [-0.3, -0.25) is 9.59 Å². The number of nitrogens with zero attached hydrogens (tertiary/aromatic N) is 3. The molecule has 7 nitrogen and oxygen atoms in total. The molecule has 0 bridgehead atoms. The highest BCUT2D eigenvalue weighted by atomic mass is 35.5. The van der Waals surface area contributed by atoms with E-state index in [0.717, 1.165) is 39.1 Å². The summed E-state index contributed by atoms with van der Waals surface area (Å²) in [7, 11) is 0. The monoisotopic (exact) mass is 560 g/mol. The lowest BCUT2D eigenvalue weighted by Crippen LogP contribution is -2.28. The summed E-state index contributed by atoms with van der Waals surface area (Å²) in [5.41, 5.74) is 7.22. The van der Waals surface area contributed by atoms with Crippen molar-refractivity contribution in [1.82, 2.24) is 14.8 Å². The van der Waals surface area contributed by atoms with E-state index in [2.05, 4.69) is 15.4 Å². The lowest BCUT2D eigenvalue weighted by Gasteiger charge is -2.19. The van der Waals surface area contributed by atoms with Crippen molar-refractivity contribution in [1.29, 1.82) is 0 Å². The van der Waals surface area contributed by atoms with E-state index < -0.39 is 11.4 Å². The van der Waals surface area contributed by atoms with E-state index in [1.807, 2.05) is 72.8 Å². The van der Waals surface area contributed by atoms with Crippen LogP contribution in [0.25, 0.3) is 39.6 Å². The van der Waals surface area contributed by atoms with Crippen LogP contribution >= 0.6 is 11.6 Å². The van der Waals surface area contributed by atoms with Crippen molar-refractivity contribution in [3.63, 3.8) is 0 Å². The van der Waals surface area contributed by atoms with Gasteiger partial charge < -0.3 is 10.4 Å². The minimum Gasteiger partial charge on any atom is -0.481 e. The molecule has 0 aliphatic carbocycles. The predicted molar refractivity (Wildman–Crippen MR) is 161 cm³/mol. The highest BCUT2D eigenvalue weighted by molar-refractivity contribution is 6.38. The Morgan fingerprint density at radius 2 is 1.54 bits per heavy atom. The largest absolute Gasteiger partial charge is 0.481 e. The van der Waals surface area contributed by atoms with E-state index in [1.165, 1.54) is 6.33 Å². The van der Waals surface area contributed by atoms with Crippen LogP contribution in [0.3, 0.4) is 0 Å². The Bertz CT molecular complexity index is 1810. The molecule has 0 atom stereocenters. The van der Waals surface area contributed by atoms with E-state index in [9.17, 15) is 14.7 Å². The van der Waals surface area contributed by atoms with Crippen molar-refractivity contribution in [2.45, 2.75) is 19.3 Å². The van der Waals surface area contributed by atoms with Gasteiger partial charge in [0.1, 0.15) is 12.7 Å². The van der Waals surface area contributed by atoms with Gasteiger partial charge in [-0.25, -0.2) is 9.67 Å². The van der Waals surface area contributed by atoms with Gasteiger partial charge >= 0.3 is 5.97 Å². The van der Waals surface area contributed by atoms with Crippen LogP contribution < -0.4 is 5.32 Å². The number of hydrogen-bond acceptors (Lipinski definition) is 4. The summed E-state index contributed by atoms with van der Waals surface area (Å²) in [5.74, 6) is -1.11. The molecular formula is C33H25ClN4O3. The number of halogens is 1.